The van der Waals surface area contributed by atoms with E-state index in [2.05, 4.69) is 33.1 Å². The molecule has 17 heavy (non-hydrogen) atoms. The van der Waals surface area contributed by atoms with Gasteiger partial charge in [0.15, 0.2) is 0 Å². The molecule has 1 fully saturated rings. The number of nitrogens with zero attached hydrogens (tertiary/aromatic N) is 2. The zero-order chi connectivity index (χ0) is 11.9. The number of hydrogen-bond donors (Lipinski definition) is 0. The van der Waals surface area contributed by atoms with Crippen molar-refractivity contribution in [3.63, 3.8) is 0 Å². The van der Waals surface area contributed by atoms with Crippen molar-refractivity contribution in [1.29, 1.82) is 5.26 Å². The fourth-order valence-electron chi connectivity index (χ4n) is 3.17. The minimum absolute atomic E-state index is 0.345. The first-order valence-corrected chi connectivity index (χ1v) is 6.71. The van der Waals surface area contributed by atoms with Crippen LogP contribution in [0.1, 0.15) is 31.2 Å². The first-order valence-electron chi connectivity index (χ1n) is 5.92. The van der Waals surface area contributed by atoms with Crippen molar-refractivity contribution in [1.82, 2.24) is 4.98 Å². The molecule has 0 saturated heterocycles. The van der Waals surface area contributed by atoms with E-state index in [4.69, 9.17) is 0 Å². The number of fused-ring (bicyclic) bond motifs is 2. The molecule has 0 aromatic carbocycles. The summed E-state index contributed by atoms with van der Waals surface area (Å²) in [5.41, 5.74) is 2.18. The van der Waals surface area contributed by atoms with Gasteiger partial charge in [-0.3, -0.25) is 4.98 Å². The summed E-state index contributed by atoms with van der Waals surface area (Å²) >= 11 is 3.44. The highest BCUT2D eigenvalue weighted by Gasteiger charge is 2.42. The van der Waals surface area contributed by atoms with Gasteiger partial charge < -0.3 is 0 Å². The lowest BCUT2D eigenvalue weighted by molar-refractivity contribution is 0.346. The third kappa shape index (κ3) is 1.81. The Kier molecular flexibility index (Phi) is 2.56. The van der Waals surface area contributed by atoms with Gasteiger partial charge in [-0.25, -0.2) is 0 Å². The zero-order valence-electron chi connectivity index (χ0n) is 9.49. The fraction of sp³-hybridized carbons (Fsp3) is 0.429. The Hall–Kier alpha value is -1.14. The Morgan fingerprint density at radius 1 is 1.47 bits per heavy atom. The van der Waals surface area contributed by atoms with Crippen LogP contribution >= 0.6 is 15.9 Å². The molecule has 2 nitrogen and oxygen atoms in total. The van der Waals surface area contributed by atoms with Crippen molar-refractivity contribution in [3.8, 4) is 6.07 Å². The van der Waals surface area contributed by atoms with E-state index < -0.39 is 0 Å². The fourth-order valence-corrected chi connectivity index (χ4v) is 3.53. The average Bonchev–Trinajstić information content (AvgIpc) is 2.69. The van der Waals surface area contributed by atoms with E-state index in [1.54, 1.807) is 6.20 Å². The summed E-state index contributed by atoms with van der Waals surface area (Å²) in [5, 5.41) is 9.63. The molecular formula is C14H13BrN2. The predicted octanol–water partition coefficient (Wildman–Crippen LogP) is 3.74. The molecule has 86 valence electrons. The monoisotopic (exact) mass is 288 g/mol. The number of aromatic nitrogens is 1. The van der Waals surface area contributed by atoms with Crippen molar-refractivity contribution < 1.29 is 0 Å². The molecule has 2 unspecified atom stereocenters. The van der Waals surface area contributed by atoms with Gasteiger partial charge in [-0.1, -0.05) is 11.6 Å². The molecule has 1 heterocycles. The maximum Gasteiger partial charge on any atom is 0.0877 e. The van der Waals surface area contributed by atoms with E-state index in [-0.39, 0.29) is 5.41 Å². The molecular weight excluding hydrogens is 276 g/mol. The van der Waals surface area contributed by atoms with E-state index in [0.717, 1.165) is 29.3 Å². The molecule has 2 aliphatic rings. The maximum absolute atomic E-state index is 9.63. The van der Waals surface area contributed by atoms with Crippen LogP contribution in [0.3, 0.4) is 0 Å². The summed E-state index contributed by atoms with van der Waals surface area (Å²) in [4.78, 5) is 4.21. The number of halogens is 1. The molecule has 1 saturated carbocycles. The smallest absolute Gasteiger partial charge is 0.0877 e. The second kappa shape index (κ2) is 3.96. The highest BCUT2D eigenvalue weighted by Crippen LogP contribution is 2.48. The molecule has 0 amide bonds. The van der Waals surface area contributed by atoms with Crippen LogP contribution in [-0.4, -0.2) is 4.98 Å². The molecule has 0 radical (unpaired) electrons. The Bertz CT molecular complexity index is 529. The van der Waals surface area contributed by atoms with Crippen LogP contribution in [0.25, 0.3) is 0 Å². The molecule has 0 aliphatic heterocycles. The number of nitriles is 1. The van der Waals surface area contributed by atoms with E-state index in [0.29, 0.717) is 5.92 Å². The summed E-state index contributed by atoms with van der Waals surface area (Å²) in [6, 6.07) is 4.60. The molecule has 3 rings (SSSR count). The van der Waals surface area contributed by atoms with E-state index in [1.807, 2.05) is 12.3 Å². The van der Waals surface area contributed by atoms with E-state index in [1.165, 1.54) is 12.0 Å². The van der Waals surface area contributed by atoms with Crippen molar-refractivity contribution in [3.05, 3.63) is 40.1 Å². The Balaban J connectivity index is 2.04. The summed E-state index contributed by atoms with van der Waals surface area (Å²) in [6.45, 7) is 0. The minimum atomic E-state index is -0.345. The summed E-state index contributed by atoms with van der Waals surface area (Å²) in [6.07, 6.45) is 10.2. The highest BCUT2D eigenvalue weighted by molar-refractivity contribution is 9.10. The number of rotatable bonds is 1. The van der Waals surface area contributed by atoms with Gasteiger partial charge in [0.2, 0.25) is 0 Å². The number of pyridine rings is 1. The molecule has 2 bridgehead atoms. The lowest BCUT2D eigenvalue weighted by atomic mass is 9.67. The topological polar surface area (TPSA) is 36.7 Å². The van der Waals surface area contributed by atoms with Gasteiger partial charge in [0.25, 0.3) is 0 Å². The maximum atomic E-state index is 9.63. The van der Waals surface area contributed by atoms with Crippen LogP contribution in [-0.2, 0) is 5.41 Å². The van der Waals surface area contributed by atoms with E-state index in [9.17, 15) is 5.26 Å². The lowest BCUT2D eigenvalue weighted by Gasteiger charge is -2.34. The van der Waals surface area contributed by atoms with Gasteiger partial charge in [-0.2, -0.15) is 5.26 Å². The quantitative estimate of drug-likeness (QED) is 0.738. The molecule has 0 spiro atoms. The van der Waals surface area contributed by atoms with Gasteiger partial charge in [-0.15, -0.1) is 0 Å². The molecule has 1 aromatic rings. The predicted molar refractivity (Wildman–Crippen MR) is 69.3 cm³/mol. The van der Waals surface area contributed by atoms with Crippen LogP contribution < -0.4 is 0 Å². The van der Waals surface area contributed by atoms with Crippen LogP contribution in [0, 0.1) is 17.2 Å². The normalized spacial score (nSPS) is 30.8. The second-order valence-corrected chi connectivity index (χ2v) is 6.05. The number of allylic oxidation sites excluding steroid dienone is 2. The highest BCUT2D eigenvalue weighted by atomic mass is 79.9. The summed E-state index contributed by atoms with van der Waals surface area (Å²) in [5.74, 6) is 0.664. The second-order valence-electron chi connectivity index (χ2n) is 5.13. The SMILES string of the molecule is N#CC1(c2cncc(Br)c2)CC2=CCC(C2)C1. The van der Waals surface area contributed by atoms with Crippen LogP contribution in [0.4, 0.5) is 0 Å². The van der Waals surface area contributed by atoms with Crippen molar-refractivity contribution in [2.24, 2.45) is 5.92 Å². The Morgan fingerprint density at radius 2 is 2.35 bits per heavy atom. The van der Waals surface area contributed by atoms with Crippen LogP contribution in [0.15, 0.2) is 34.6 Å². The Morgan fingerprint density at radius 3 is 3.06 bits per heavy atom. The van der Waals surface area contributed by atoms with Crippen molar-refractivity contribution in [2.45, 2.75) is 31.1 Å². The third-order valence-corrected chi connectivity index (χ3v) is 4.36. The first-order chi connectivity index (χ1) is 8.22. The molecule has 1 aromatic heterocycles. The van der Waals surface area contributed by atoms with E-state index >= 15 is 0 Å². The third-order valence-electron chi connectivity index (χ3n) is 3.93. The summed E-state index contributed by atoms with van der Waals surface area (Å²) in [7, 11) is 0. The van der Waals surface area contributed by atoms with Gasteiger partial charge in [0.05, 0.1) is 11.5 Å². The van der Waals surface area contributed by atoms with Crippen LogP contribution in [0.5, 0.6) is 0 Å². The standard InChI is InChI=1S/C14H13BrN2/c15-13-4-12(7-17-8-13)14(9-16)5-10-1-2-11(3-10)6-14/h1,4,7-8,11H,2-3,5-6H2. The van der Waals surface area contributed by atoms with Gasteiger partial charge in [-0.05, 0) is 59.2 Å². The van der Waals surface area contributed by atoms with Gasteiger partial charge in [0.1, 0.15) is 0 Å². The molecule has 2 atom stereocenters. The minimum Gasteiger partial charge on any atom is -0.263 e. The van der Waals surface area contributed by atoms with Gasteiger partial charge in [0, 0.05) is 16.9 Å². The Labute approximate surface area is 109 Å². The first kappa shape index (κ1) is 11.0. The molecule has 0 N–H and O–H groups in total. The molecule has 2 aliphatic carbocycles. The summed E-state index contributed by atoms with van der Waals surface area (Å²) < 4.78 is 0.955. The largest absolute Gasteiger partial charge is 0.263 e. The average molecular weight is 289 g/mol. The van der Waals surface area contributed by atoms with Crippen molar-refractivity contribution >= 4 is 15.9 Å². The van der Waals surface area contributed by atoms with Gasteiger partial charge >= 0.3 is 0 Å². The lowest BCUT2D eigenvalue weighted by Crippen LogP contribution is -2.30. The zero-order valence-corrected chi connectivity index (χ0v) is 11.1. The molecule has 3 heteroatoms. The number of hydrogen-bond acceptors (Lipinski definition) is 2. The van der Waals surface area contributed by atoms with Crippen LogP contribution in [0.2, 0.25) is 0 Å². The van der Waals surface area contributed by atoms with Crippen molar-refractivity contribution in [2.75, 3.05) is 0 Å².